The van der Waals surface area contributed by atoms with E-state index in [-0.39, 0.29) is 17.0 Å². The molecule has 112 valence electrons. The summed E-state index contributed by atoms with van der Waals surface area (Å²) in [6.45, 7) is 0. The third-order valence-electron chi connectivity index (χ3n) is 3.16. The summed E-state index contributed by atoms with van der Waals surface area (Å²) in [5, 5.41) is 19.8. The first-order chi connectivity index (χ1) is 11.2. The van der Waals surface area contributed by atoms with Gasteiger partial charge in [0.2, 0.25) is 0 Å². The standard InChI is InChI=1S/C16H10N4O3/c17-10-12-9-14(20(21)22)3-6-16(12)23-15-4-1-13(2-5-15)19-8-7-18-11-19/h1-9,11H. The quantitative estimate of drug-likeness (QED) is 0.543. The number of non-ortho nitro benzene ring substituents is 1. The third kappa shape index (κ3) is 3.01. The number of nitro benzene ring substituents is 1. The molecule has 0 amide bonds. The summed E-state index contributed by atoms with van der Waals surface area (Å²) in [5.74, 6) is 0.799. The Kier molecular flexibility index (Phi) is 3.72. The molecule has 0 unspecified atom stereocenters. The molecule has 0 aliphatic rings. The highest BCUT2D eigenvalue weighted by atomic mass is 16.6. The Hall–Kier alpha value is -3.66. The van der Waals surface area contributed by atoms with Crippen molar-refractivity contribution in [2.24, 2.45) is 0 Å². The van der Waals surface area contributed by atoms with Gasteiger partial charge < -0.3 is 9.30 Å². The number of nitrogens with zero attached hydrogens (tertiary/aromatic N) is 4. The van der Waals surface area contributed by atoms with Gasteiger partial charge in [-0.05, 0) is 30.3 Å². The van der Waals surface area contributed by atoms with Crippen molar-refractivity contribution in [1.29, 1.82) is 5.26 Å². The highest BCUT2D eigenvalue weighted by molar-refractivity contribution is 5.52. The minimum absolute atomic E-state index is 0.109. The Labute approximate surface area is 131 Å². The van der Waals surface area contributed by atoms with Gasteiger partial charge in [-0.2, -0.15) is 5.26 Å². The first-order valence-electron chi connectivity index (χ1n) is 6.62. The van der Waals surface area contributed by atoms with Crippen LogP contribution in [0.3, 0.4) is 0 Å². The molecular formula is C16H10N4O3. The number of rotatable bonds is 4. The zero-order valence-electron chi connectivity index (χ0n) is 11.8. The summed E-state index contributed by atoms with van der Waals surface area (Å²) < 4.78 is 7.48. The summed E-state index contributed by atoms with van der Waals surface area (Å²) in [4.78, 5) is 14.2. The molecule has 7 nitrogen and oxygen atoms in total. The van der Waals surface area contributed by atoms with E-state index in [4.69, 9.17) is 10.00 Å². The molecule has 0 radical (unpaired) electrons. The average Bonchev–Trinajstić information content (AvgIpc) is 3.10. The number of imidazole rings is 1. The molecule has 0 saturated heterocycles. The fourth-order valence-electron chi connectivity index (χ4n) is 2.03. The molecule has 2 aromatic carbocycles. The van der Waals surface area contributed by atoms with Gasteiger partial charge in [-0.25, -0.2) is 4.98 Å². The van der Waals surface area contributed by atoms with Gasteiger partial charge in [-0.3, -0.25) is 10.1 Å². The van der Waals surface area contributed by atoms with Crippen molar-refractivity contribution < 1.29 is 9.66 Å². The number of hydrogen-bond acceptors (Lipinski definition) is 5. The molecule has 1 heterocycles. The molecule has 0 spiro atoms. The average molecular weight is 306 g/mol. The second kappa shape index (κ2) is 5.99. The molecule has 3 aromatic rings. The lowest BCUT2D eigenvalue weighted by atomic mass is 10.2. The highest BCUT2D eigenvalue weighted by Crippen LogP contribution is 2.28. The molecule has 0 bridgehead atoms. The van der Waals surface area contributed by atoms with Crippen LogP contribution in [0.2, 0.25) is 0 Å². The number of ether oxygens (including phenoxy) is 1. The molecule has 0 N–H and O–H groups in total. The first-order valence-corrected chi connectivity index (χ1v) is 6.62. The van der Waals surface area contributed by atoms with Gasteiger partial charge in [0, 0.05) is 30.2 Å². The number of hydrogen-bond donors (Lipinski definition) is 0. The van der Waals surface area contributed by atoms with E-state index in [0.29, 0.717) is 5.75 Å². The number of aromatic nitrogens is 2. The van der Waals surface area contributed by atoms with Crippen LogP contribution in [0.25, 0.3) is 5.69 Å². The van der Waals surface area contributed by atoms with Gasteiger partial charge in [0.15, 0.2) is 0 Å². The van der Waals surface area contributed by atoms with E-state index < -0.39 is 4.92 Å². The monoisotopic (exact) mass is 306 g/mol. The van der Waals surface area contributed by atoms with Crippen LogP contribution < -0.4 is 4.74 Å². The van der Waals surface area contributed by atoms with E-state index in [0.717, 1.165) is 5.69 Å². The maximum Gasteiger partial charge on any atom is 0.271 e. The van der Waals surface area contributed by atoms with Crippen LogP contribution >= 0.6 is 0 Å². The molecule has 1 aromatic heterocycles. The van der Waals surface area contributed by atoms with Crippen molar-refractivity contribution in [2.75, 3.05) is 0 Å². The van der Waals surface area contributed by atoms with E-state index in [2.05, 4.69) is 4.98 Å². The van der Waals surface area contributed by atoms with Crippen LogP contribution in [-0.2, 0) is 0 Å². The SMILES string of the molecule is N#Cc1cc([N+](=O)[O-])ccc1Oc1ccc(-n2ccnc2)cc1. The van der Waals surface area contributed by atoms with Crippen LogP contribution in [0.15, 0.2) is 61.2 Å². The smallest absolute Gasteiger partial charge is 0.271 e. The van der Waals surface area contributed by atoms with Crippen LogP contribution in [0.5, 0.6) is 11.5 Å². The lowest BCUT2D eigenvalue weighted by molar-refractivity contribution is -0.384. The number of nitriles is 1. The Bertz CT molecular complexity index is 881. The van der Waals surface area contributed by atoms with E-state index in [1.807, 2.05) is 29.0 Å². The van der Waals surface area contributed by atoms with Crippen LogP contribution in [-0.4, -0.2) is 14.5 Å². The van der Waals surface area contributed by atoms with E-state index >= 15 is 0 Å². The van der Waals surface area contributed by atoms with Crippen molar-refractivity contribution in [3.63, 3.8) is 0 Å². The molecule has 0 saturated carbocycles. The summed E-state index contributed by atoms with van der Waals surface area (Å²) in [6, 6.07) is 13.0. The predicted octanol–water partition coefficient (Wildman–Crippen LogP) is 3.44. The summed E-state index contributed by atoms with van der Waals surface area (Å²) in [5.41, 5.74) is 0.876. The first kappa shape index (κ1) is 14.3. The van der Waals surface area contributed by atoms with Crippen molar-refractivity contribution in [3.05, 3.63) is 76.9 Å². The van der Waals surface area contributed by atoms with Crippen molar-refractivity contribution >= 4 is 5.69 Å². The topological polar surface area (TPSA) is 94.0 Å². The molecule has 0 aliphatic carbocycles. The molecule has 0 fully saturated rings. The summed E-state index contributed by atoms with van der Waals surface area (Å²) in [6.07, 6.45) is 5.18. The van der Waals surface area contributed by atoms with E-state index in [1.54, 1.807) is 24.7 Å². The van der Waals surface area contributed by atoms with Gasteiger partial charge in [-0.1, -0.05) is 0 Å². The van der Waals surface area contributed by atoms with Gasteiger partial charge >= 0.3 is 0 Å². The Morgan fingerprint density at radius 3 is 2.61 bits per heavy atom. The predicted molar refractivity (Wildman–Crippen MR) is 81.4 cm³/mol. The summed E-state index contributed by atoms with van der Waals surface area (Å²) >= 11 is 0. The van der Waals surface area contributed by atoms with Gasteiger partial charge in [0.05, 0.1) is 11.3 Å². The summed E-state index contributed by atoms with van der Waals surface area (Å²) in [7, 11) is 0. The second-order valence-corrected chi connectivity index (χ2v) is 4.62. The highest BCUT2D eigenvalue weighted by Gasteiger charge is 2.12. The largest absolute Gasteiger partial charge is 0.456 e. The van der Waals surface area contributed by atoms with Crippen molar-refractivity contribution in [1.82, 2.24) is 9.55 Å². The zero-order valence-corrected chi connectivity index (χ0v) is 11.8. The van der Waals surface area contributed by atoms with E-state index in [9.17, 15) is 10.1 Å². The van der Waals surface area contributed by atoms with Crippen LogP contribution in [0, 0.1) is 21.4 Å². The lowest BCUT2D eigenvalue weighted by Gasteiger charge is -2.08. The Balaban J connectivity index is 1.85. The molecule has 3 rings (SSSR count). The molecule has 0 atom stereocenters. The zero-order chi connectivity index (χ0) is 16.2. The van der Waals surface area contributed by atoms with Gasteiger partial charge in [0.1, 0.15) is 23.1 Å². The molecular weight excluding hydrogens is 296 g/mol. The maximum atomic E-state index is 10.7. The van der Waals surface area contributed by atoms with Crippen molar-refractivity contribution in [2.45, 2.75) is 0 Å². The molecule has 0 aliphatic heterocycles. The molecule has 7 heteroatoms. The lowest BCUT2D eigenvalue weighted by Crippen LogP contribution is -1.93. The minimum atomic E-state index is -0.551. The number of nitro groups is 1. The minimum Gasteiger partial charge on any atom is -0.456 e. The Morgan fingerprint density at radius 1 is 1.22 bits per heavy atom. The normalized spacial score (nSPS) is 10.0. The third-order valence-corrected chi connectivity index (χ3v) is 3.16. The van der Waals surface area contributed by atoms with Gasteiger partial charge in [-0.15, -0.1) is 0 Å². The maximum absolute atomic E-state index is 10.7. The van der Waals surface area contributed by atoms with Gasteiger partial charge in [0.25, 0.3) is 5.69 Å². The number of benzene rings is 2. The molecule has 23 heavy (non-hydrogen) atoms. The van der Waals surface area contributed by atoms with E-state index in [1.165, 1.54) is 18.2 Å². The fraction of sp³-hybridized carbons (Fsp3) is 0. The second-order valence-electron chi connectivity index (χ2n) is 4.62. The van der Waals surface area contributed by atoms with Crippen LogP contribution in [0.1, 0.15) is 5.56 Å². The van der Waals surface area contributed by atoms with Crippen LogP contribution in [0.4, 0.5) is 5.69 Å². The van der Waals surface area contributed by atoms with Crippen molar-refractivity contribution in [3.8, 4) is 23.3 Å². The Morgan fingerprint density at radius 2 is 2.00 bits per heavy atom. The fourth-order valence-corrected chi connectivity index (χ4v) is 2.03.